The van der Waals surface area contributed by atoms with Crippen LogP contribution >= 0.6 is 31.9 Å². The zero-order valence-electron chi connectivity index (χ0n) is 12.2. The van der Waals surface area contributed by atoms with Gasteiger partial charge in [-0.05, 0) is 47.1 Å². The Morgan fingerprint density at radius 2 is 1.91 bits per heavy atom. The number of aryl methyl sites for hydroxylation is 1. The van der Waals surface area contributed by atoms with Gasteiger partial charge in [-0.25, -0.2) is 0 Å². The quantitative estimate of drug-likeness (QED) is 0.491. The van der Waals surface area contributed by atoms with Gasteiger partial charge in [0, 0.05) is 42.2 Å². The fourth-order valence-corrected chi connectivity index (χ4v) is 4.31. The number of para-hydroxylation sites is 1. The van der Waals surface area contributed by atoms with Crippen LogP contribution in [0.25, 0.3) is 22.6 Å². The first-order valence-corrected chi connectivity index (χ1v) is 8.73. The second-order valence-electron chi connectivity index (χ2n) is 5.53. The van der Waals surface area contributed by atoms with Crippen molar-refractivity contribution < 1.29 is 4.79 Å². The van der Waals surface area contributed by atoms with Crippen LogP contribution in [0.2, 0.25) is 0 Å². The largest absolute Gasteiger partial charge is 0.358 e. The first kappa shape index (κ1) is 14.7. The molecule has 2 N–H and O–H groups in total. The number of halogens is 2. The van der Waals surface area contributed by atoms with E-state index in [0.717, 1.165) is 42.4 Å². The third-order valence-corrected chi connectivity index (χ3v) is 5.14. The Morgan fingerprint density at radius 1 is 1.13 bits per heavy atom. The number of benzene rings is 2. The molecular formula is C18H12Br2N2O. The molecular weight excluding hydrogens is 420 g/mol. The van der Waals surface area contributed by atoms with E-state index in [-0.39, 0.29) is 5.91 Å². The van der Waals surface area contributed by atoms with Crippen LogP contribution in [0.5, 0.6) is 0 Å². The van der Waals surface area contributed by atoms with Gasteiger partial charge < -0.3 is 10.3 Å². The van der Waals surface area contributed by atoms with Gasteiger partial charge in [-0.3, -0.25) is 4.79 Å². The Morgan fingerprint density at radius 3 is 2.74 bits per heavy atom. The van der Waals surface area contributed by atoms with Gasteiger partial charge in [0.25, 0.3) is 5.91 Å². The Balaban J connectivity index is 1.96. The molecule has 0 saturated heterocycles. The minimum absolute atomic E-state index is 0.0801. The summed E-state index contributed by atoms with van der Waals surface area (Å²) >= 11 is 7.00. The summed E-state index contributed by atoms with van der Waals surface area (Å²) < 4.78 is 1.80. The summed E-state index contributed by atoms with van der Waals surface area (Å²) in [6.07, 6.45) is 1.97. The molecule has 0 saturated carbocycles. The maximum absolute atomic E-state index is 12.4. The Bertz CT molecular complexity index is 1000. The highest BCUT2D eigenvalue weighted by atomic mass is 79.9. The minimum atomic E-state index is -0.0801. The maximum atomic E-state index is 12.4. The number of carbonyl (C=O) groups excluding carboxylic acids is 1. The predicted octanol–water partition coefficient (Wildman–Crippen LogP) is 5.49. The molecule has 0 spiro atoms. The van der Waals surface area contributed by atoms with Crippen LogP contribution in [-0.2, 0) is 4.79 Å². The number of aromatic nitrogens is 1. The zero-order chi connectivity index (χ0) is 16.1. The molecule has 2 aromatic carbocycles. The highest BCUT2D eigenvalue weighted by Crippen LogP contribution is 2.41. The normalized spacial score (nSPS) is 15.3. The maximum Gasteiger partial charge on any atom is 0.256 e. The number of rotatable bonds is 1. The van der Waals surface area contributed by atoms with Crippen LogP contribution in [0, 0.1) is 6.92 Å². The molecule has 114 valence electrons. The van der Waals surface area contributed by atoms with E-state index < -0.39 is 0 Å². The van der Waals surface area contributed by atoms with Gasteiger partial charge in [-0.15, -0.1) is 0 Å². The molecule has 1 amide bonds. The lowest BCUT2D eigenvalue weighted by Gasteiger charge is -2.03. The third-order valence-electron chi connectivity index (χ3n) is 4.06. The number of amides is 1. The van der Waals surface area contributed by atoms with Crippen molar-refractivity contribution in [1.29, 1.82) is 0 Å². The Kier molecular flexibility index (Phi) is 3.43. The van der Waals surface area contributed by atoms with Crippen molar-refractivity contribution in [3.63, 3.8) is 0 Å². The lowest BCUT2D eigenvalue weighted by molar-refractivity contribution is -0.110. The Hall–Kier alpha value is -1.85. The molecule has 2 heterocycles. The van der Waals surface area contributed by atoms with E-state index in [2.05, 4.69) is 48.2 Å². The second-order valence-corrected chi connectivity index (χ2v) is 7.30. The fraction of sp³-hybridized carbons (Fsp3) is 0.0556. The van der Waals surface area contributed by atoms with Crippen LogP contribution in [0.15, 0.2) is 45.3 Å². The summed E-state index contributed by atoms with van der Waals surface area (Å²) in [5, 5.41) is 4.06. The van der Waals surface area contributed by atoms with Crippen LogP contribution in [0.3, 0.4) is 0 Å². The van der Waals surface area contributed by atoms with Crippen LogP contribution in [0.4, 0.5) is 5.69 Å². The van der Waals surface area contributed by atoms with Crippen LogP contribution in [-0.4, -0.2) is 10.9 Å². The van der Waals surface area contributed by atoms with E-state index in [0.29, 0.717) is 5.57 Å². The van der Waals surface area contributed by atoms with Gasteiger partial charge in [-0.1, -0.05) is 34.1 Å². The SMILES string of the molecule is Cc1[nH]c2ccccc2c1C=C1C(=O)Nc2c(Br)cc(Br)cc21. The number of aromatic amines is 1. The molecule has 1 aliphatic rings. The van der Waals surface area contributed by atoms with Gasteiger partial charge in [0.1, 0.15) is 0 Å². The first-order valence-electron chi connectivity index (χ1n) is 7.14. The highest BCUT2D eigenvalue weighted by molar-refractivity contribution is 9.11. The molecule has 0 unspecified atom stereocenters. The lowest BCUT2D eigenvalue weighted by atomic mass is 10.0. The van der Waals surface area contributed by atoms with E-state index >= 15 is 0 Å². The molecule has 1 aliphatic heterocycles. The summed E-state index contributed by atoms with van der Waals surface area (Å²) in [7, 11) is 0. The molecule has 3 nitrogen and oxygen atoms in total. The second kappa shape index (κ2) is 5.35. The van der Waals surface area contributed by atoms with Crippen molar-refractivity contribution in [3.8, 4) is 0 Å². The third kappa shape index (κ3) is 2.35. The van der Waals surface area contributed by atoms with Crippen molar-refractivity contribution in [2.24, 2.45) is 0 Å². The standard InChI is InChI=1S/C18H12Br2N2O/c1-9-12(11-4-2-3-5-16(11)21-9)8-14-13-6-10(19)7-15(20)17(13)22-18(14)23/h2-8,21H,1H3,(H,22,23). The molecule has 0 radical (unpaired) electrons. The van der Waals surface area contributed by atoms with Crippen molar-refractivity contribution in [2.75, 3.05) is 5.32 Å². The van der Waals surface area contributed by atoms with E-state index in [1.165, 1.54) is 0 Å². The van der Waals surface area contributed by atoms with Crippen molar-refractivity contribution >= 4 is 66.0 Å². The molecule has 1 aromatic heterocycles. The van der Waals surface area contributed by atoms with Gasteiger partial charge in [0.2, 0.25) is 0 Å². The average Bonchev–Trinajstić information content (AvgIpc) is 2.99. The van der Waals surface area contributed by atoms with E-state index in [9.17, 15) is 4.79 Å². The number of H-pyrrole nitrogens is 1. The molecule has 23 heavy (non-hydrogen) atoms. The molecule has 0 atom stereocenters. The van der Waals surface area contributed by atoms with Gasteiger partial charge in [0.15, 0.2) is 0 Å². The van der Waals surface area contributed by atoms with E-state index in [4.69, 9.17) is 0 Å². The fourth-order valence-electron chi connectivity index (χ4n) is 2.99. The molecule has 4 rings (SSSR count). The molecule has 3 aromatic rings. The highest BCUT2D eigenvalue weighted by Gasteiger charge is 2.27. The molecule has 0 bridgehead atoms. The average molecular weight is 432 g/mol. The number of hydrogen-bond donors (Lipinski definition) is 2. The summed E-state index contributed by atoms with van der Waals surface area (Å²) in [5.41, 5.74) is 5.58. The summed E-state index contributed by atoms with van der Waals surface area (Å²) in [5.74, 6) is -0.0801. The van der Waals surface area contributed by atoms with E-state index in [1.54, 1.807) is 0 Å². The summed E-state index contributed by atoms with van der Waals surface area (Å²) in [6, 6.07) is 12.0. The van der Waals surface area contributed by atoms with Crippen LogP contribution in [0.1, 0.15) is 16.8 Å². The topological polar surface area (TPSA) is 44.9 Å². The van der Waals surface area contributed by atoms with Crippen LogP contribution < -0.4 is 5.32 Å². The van der Waals surface area contributed by atoms with E-state index in [1.807, 2.05) is 43.3 Å². The van der Waals surface area contributed by atoms with Crippen molar-refractivity contribution in [2.45, 2.75) is 6.92 Å². The number of hydrogen-bond acceptors (Lipinski definition) is 1. The number of carbonyl (C=O) groups is 1. The summed E-state index contributed by atoms with van der Waals surface area (Å²) in [6.45, 7) is 2.02. The number of fused-ring (bicyclic) bond motifs is 2. The van der Waals surface area contributed by atoms with Crippen molar-refractivity contribution in [3.05, 3.63) is 62.2 Å². The zero-order valence-corrected chi connectivity index (χ0v) is 15.4. The predicted molar refractivity (Wildman–Crippen MR) is 101 cm³/mol. The smallest absolute Gasteiger partial charge is 0.256 e. The number of nitrogens with one attached hydrogen (secondary N) is 2. The minimum Gasteiger partial charge on any atom is -0.358 e. The molecule has 0 aliphatic carbocycles. The Labute approximate surface area is 150 Å². The molecule has 5 heteroatoms. The van der Waals surface area contributed by atoms with Gasteiger partial charge >= 0.3 is 0 Å². The first-order chi connectivity index (χ1) is 11.0. The summed E-state index contributed by atoms with van der Waals surface area (Å²) in [4.78, 5) is 15.8. The lowest BCUT2D eigenvalue weighted by Crippen LogP contribution is -2.03. The monoisotopic (exact) mass is 430 g/mol. The van der Waals surface area contributed by atoms with Gasteiger partial charge in [0.05, 0.1) is 5.69 Å². The molecule has 0 fully saturated rings. The number of anilines is 1. The van der Waals surface area contributed by atoms with Gasteiger partial charge in [-0.2, -0.15) is 0 Å². The van der Waals surface area contributed by atoms with Crippen molar-refractivity contribution in [1.82, 2.24) is 4.98 Å².